The summed E-state index contributed by atoms with van der Waals surface area (Å²) in [4.78, 5) is 39.3. The van der Waals surface area contributed by atoms with Crippen LogP contribution >= 0.6 is 24.4 Å². The van der Waals surface area contributed by atoms with Crippen LogP contribution in [0.4, 0.5) is 0 Å². The summed E-state index contributed by atoms with van der Waals surface area (Å²) in [7, 11) is 0. The van der Waals surface area contributed by atoms with Crippen LogP contribution < -0.4 is 5.32 Å². The van der Waals surface area contributed by atoms with Crippen molar-refractivity contribution in [1.29, 1.82) is 0 Å². The Bertz CT molecular complexity index is 602. The second-order valence-electron chi connectivity index (χ2n) is 8.16. The number of rotatable bonds is 5. The molecule has 2 aliphatic heterocycles. The van der Waals surface area contributed by atoms with E-state index in [0.717, 1.165) is 32.1 Å². The highest BCUT2D eigenvalue weighted by Gasteiger charge is 2.52. The number of amides is 2. The van der Waals surface area contributed by atoms with Crippen LogP contribution in [0.15, 0.2) is 0 Å². The number of carboxylic acid groups (broad SMARTS) is 1. The molecule has 3 aliphatic rings. The smallest absolute Gasteiger partial charge is 0.327 e. The molecule has 27 heavy (non-hydrogen) atoms. The topological polar surface area (TPSA) is 86.7 Å². The Balaban J connectivity index is 1.84. The summed E-state index contributed by atoms with van der Waals surface area (Å²) < 4.78 is 0. The molecule has 0 aromatic carbocycles. The predicted octanol–water partition coefficient (Wildman–Crippen LogP) is 2.38. The molecule has 7 atom stereocenters. The lowest BCUT2D eigenvalue weighted by atomic mass is 9.76. The van der Waals surface area contributed by atoms with Gasteiger partial charge in [-0.15, -0.1) is 11.8 Å². The van der Waals surface area contributed by atoms with Crippen molar-refractivity contribution in [2.75, 3.05) is 5.75 Å². The molecule has 2 heterocycles. The molecule has 8 heteroatoms. The molecule has 1 unspecified atom stereocenters. The minimum atomic E-state index is -0.954. The number of nitrogens with one attached hydrogen (secondary N) is 1. The number of aliphatic carboxylic acids is 1. The third-order valence-corrected chi connectivity index (χ3v) is 8.68. The van der Waals surface area contributed by atoms with Gasteiger partial charge in [-0.3, -0.25) is 9.59 Å². The number of hydrogen-bond acceptors (Lipinski definition) is 5. The Morgan fingerprint density at radius 2 is 2.07 bits per heavy atom. The standard InChI is InChI=1S/C19H30N2O4S2/c1-3-10(2)15(26)16(22)20-13-8-11-6-4-5-7-12(11)18-21(17(13)23)14(9-27-18)19(24)25/h10-15,18,26H,3-9H2,1-2H3,(H,20,22)(H,24,25)/t10-,11?,12+,13-,14-,15-,18+/m0/s1. The van der Waals surface area contributed by atoms with E-state index in [1.54, 1.807) is 16.7 Å². The number of carbonyl (C=O) groups excluding carboxylic acids is 2. The molecule has 2 N–H and O–H groups in total. The highest BCUT2D eigenvalue weighted by atomic mass is 32.2. The highest BCUT2D eigenvalue weighted by Crippen LogP contribution is 2.47. The van der Waals surface area contributed by atoms with E-state index in [1.807, 2.05) is 13.8 Å². The number of hydrogen-bond donors (Lipinski definition) is 3. The lowest BCUT2D eigenvalue weighted by Gasteiger charge is -2.36. The van der Waals surface area contributed by atoms with Crippen LogP contribution in [-0.4, -0.2) is 56.3 Å². The lowest BCUT2D eigenvalue weighted by Crippen LogP contribution is -2.54. The minimum Gasteiger partial charge on any atom is -0.480 e. The van der Waals surface area contributed by atoms with E-state index in [4.69, 9.17) is 0 Å². The number of nitrogens with zero attached hydrogens (tertiary/aromatic N) is 1. The maximum absolute atomic E-state index is 13.3. The Hall–Kier alpha value is -0.890. The van der Waals surface area contributed by atoms with Crippen LogP contribution in [-0.2, 0) is 14.4 Å². The summed E-state index contributed by atoms with van der Waals surface area (Å²) in [5, 5.41) is 12.0. The monoisotopic (exact) mass is 414 g/mol. The van der Waals surface area contributed by atoms with E-state index in [2.05, 4.69) is 17.9 Å². The fraction of sp³-hybridized carbons (Fsp3) is 0.842. The fourth-order valence-corrected chi connectivity index (χ4v) is 6.66. The normalized spacial score (nSPS) is 35.6. The first-order valence-electron chi connectivity index (χ1n) is 10.00. The van der Waals surface area contributed by atoms with Gasteiger partial charge in [0, 0.05) is 5.75 Å². The maximum atomic E-state index is 13.3. The zero-order valence-electron chi connectivity index (χ0n) is 16.0. The van der Waals surface area contributed by atoms with Crippen LogP contribution in [0.1, 0.15) is 52.4 Å². The van der Waals surface area contributed by atoms with E-state index in [9.17, 15) is 19.5 Å². The summed E-state index contributed by atoms with van der Waals surface area (Å²) in [5.41, 5.74) is 0. The van der Waals surface area contributed by atoms with Crippen LogP contribution in [0, 0.1) is 17.8 Å². The molecule has 3 fully saturated rings. The number of carboxylic acids is 1. The van der Waals surface area contributed by atoms with Gasteiger partial charge in [-0.2, -0.15) is 12.6 Å². The highest BCUT2D eigenvalue weighted by molar-refractivity contribution is 8.00. The third-order valence-electron chi connectivity index (χ3n) is 6.51. The Kier molecular flexibility index (Phi) is 6.66. The molecular formula is C19H30N2O4S2. The van der Waals surface area contributed by atoms with Crippen molar-refractivity contribution in [3.63, 3.8) is 0 Å². The average Bonchev–Trinajstić information content (AvgIpc) is 3.06. The SMILES string of the molecule is CC[C@H](C)[C@H](S)C(=O)N[C@H]1CC2CCCC[C@H]2[C@H]2SC[C@@H](C(=O)O)N2C1=O. The van der Waals surface area contributed by atoms with Gasteiger partial charge in [0.2, 0.25) is 11.8 Å². The molecule has 0 spiro atoms. The van der Waals surface area contributed by atoms with Gasteiger partial charge in [-0.05, 0) is 37.0 Å². The van der Waals surface area contributed by atoms with E-state index in [1.165, 1.54) is 0 Å². The van der Waals surface area contributed by atoms with Crippen molar-refractivity contribution < 1.29 is 19.5 Å². The van der Waals surface area contributed by atoms with E-state index < -0.39 is 23.3 Å². The molecule has 0 bridgehead atoms. The fourth-order valence-electron chi connectivity index (χ4n) is 4.67. The summed E-state index contributed by atoms with van der Waals surface area (Å²) in [6, 6.07) is -1.44. The molecule has 152 valence electrons. The van der Waals surface area contributed by atoms with Gasteiger partial charge >= 0.3 is 5.97 Å². The summed E-state index contributed by atoms with van der Waals surface area (Å²) in [6.45, 7) is 3.98. The van der Waals surface area contributed by atoms with Crippen LogP contribution in [0.5, 0.6) is 0 Å². The second-order valence-corrected chi connectivity index (χ2v) is 9.87. The van der Waals surface area contributed by atoms with Crippen molar-refractivity contribution >= 4 is 42.2 Å². The second kappa shape index (κ2) is 8.64. The zero-order valence-corrected chi connectivity index (χ0v) is 17.7. The van der Waals surface area contributed by atoms with Crippen LogP contribution in [0.25, 0.3) is 0 Å². The van der Waals surface area contributed by atoms with Gasteiger partial charge in [0.1, 0.15) is 12.1 Å². The molecule has 2 amide bonds. The van der Waals surface area contributed by atoms with Gasteiger partial charge < -0.3 is 15.3 Å². The number of thioether (sulfide) groups is 1. The summed E-state index contributed by atoms with van der Waals surface area (Å²) in [6.07, 6.45) is 5.77. The Morgan fingerprint density at radius 1 is 1.37 bits per heavy atom. The summed E-state index contributed by atoms with van der Waals surface area (Å²) >= 11 is 6.04. The molecule has 0 aromatic rings. The van der Waals surface area contributed by atoms with Crippen LogP contribution in [0.3, 0.4) is 0 Å². The first-order valence-corrected chi connectivity index (χ1v) is 11.6. The third kappa shape index (κ3) is 4.11. The van der Waals surface area contributed by atoms with Gasteiger partial charge in [0.15, 0.2) is 0 Å². The maximum Gasteiger partial charge on any atom is 0.327 e. The van der Waals surface area contributed by atoms with Crippen LogP contribution in [0.2, 0.25) is 0 Å². The molecule has 1 aliphatic carbocycles. The number of fused-ring (bicyclic) bond motifs is 3. The molecule has 1 saturated carbocycles. The van der Waals surface area contributed by atoms with E-state index in [0.29, 0.717) is 24.0 Å². The van der Waals surface area contributed by atoms with Crippen molar-refractivity contribution in [2.24, 2.45) is 17.8 Å². The predicted molar refractivity (Wildman–Crippen MR) is 109 cm³/mol. The van der Waals surface area contributed by atoms with Crippen molar-refractivity contribution in [3.05, 3.63) is 0 Å². The van der Waals surface area contributed by atoms with E-state index >= 15 is 0 Å². The van der Waals surface area contributed by atoms with Crippen molar-refractivity contribution in [2.45, 2.75) is 75.1 Å². The van der Waals surface area contributed by atoms with Gasteiger partial charge in [0.05, 0.1) is 10.6 Å². The number of carbonyl (C=O) groups is 3. The first kappa shape index (κ1) is 20.8. The van der Waals surface area contributed by atoms with Crippen molar-refractivity contribution in [1.82, 2.24) is 10.2 Å². The lowest BCUT2D eigenvalue weighted by molar-refractivity contribution is -0.150. The van der Waals surface area contributed by atoms with Gasteiger partial charge in [-0.1, -0.05) is 33.1 Å². The molecule has 3 rings (SSSR count). The zero-order chi connectivity index (χ0) is 19.7. The van der Waals surface area contributed by atoms with Gasteiger partial charge in [-0.25, -0.2) is 4.79 Å². The van der Waals surface area contributed by atoms with Crippen molar-refractivity contribution in [3.8, 4) is 0 Å². The summed E-state index contributed by atoms with van der Waals surface area (Å²) in [5.74, 6) is -0.203. The Morgan fingerprint density at radius 3 is 2.74 bits per heavy atom. The number of thiol groups is 1. The Labute approximate surface area is 170 Å². The first-order chi connectivity index (χ1) is 12.8. The molecule has 0 aromatic heterocycles. The molecule has 6 nitrogen and oxygen atoms in total. The average molecular weight is 415 g/mol. The largest absolute Gasteiger partial charge is 0.480 e. The molecular weight excluding hydrogens is 384 g/mol. The van der Waals surface area contributed by atoms with E-state index in [-0.39, 0.29) is 23.1 Å². The van der Waals surface area contributed by atoms with Gasteiger partial charge in [0.25, 0.3) is 0 Å². The minimum absolute atomic E-state index is 0.0767. The molecule has 2 saturated heterocycles. The molecule has 0 radical (unpaired) electrons. The quantitative estimate of drug-likeness (QED) is 0.602.